The standard InChI is InChI=1S/C13H19ClFN3O2/c1-9(2)18-10(3-4-16-18)6-17(13(19)5-14)12-8-20-7-11(12)15/h3-4,9,11-12H,5-8H2,1-2H3/t11-,12-/m1/s1. The van der Waals surface area contributed by atoms with Crippen molar-refractivity contribution in [2.75, 3.05) is 19.1 Å². The van der Waals surface area contributed by atoms with Crippen LogP contribution in [0.4, 0.5) is 4.39 Å². The van der Waals surface area contributed by atoms with Crippen LogP contribution in [0.25, 0.3) is 0 Å². The molecule has 0 spiro atoms. The second-order valence-electron chi connectivity index (χ2n) is 5.14. The zero-order valence-corrected chi connectivity index (χ0v) is 12.4. The lowest BCUT2D eigenvalue weighted by Gasteiger charge is -2.29. The van der Waals surface area contributed by atoms with Crippen LogP contribution in [0.1, 0.15) is 25.6 Å². The van der Waals surface area contributed by atoms with Gasteiger partial charge in [0.2, 0.25) is 5.91 Å². The molecule has 0 N–H and O–H groups in total. The van der Waals surface area contributed by atoms with Crippen LogP contribution in [-0.4, -0.2) is 51.9 Å². The Morgan fingerprint density at radius 3 is 2.95 bits per heavy atom. The van der Waals surface area contributed by atoms with Crippen molar-refractivity contribution in [1.29, 1.82) is 0 Å². The Morgan fingerprint density at radius 2 is 2.40 bits per heavy atom. The fourth-order valence-electron chi connectivity index (χ4n) is 2.38. The summed E-state index contributed by atoms with van der Waals surface area (Å²) < 4.78 is 20.8. The molecule has 112 valence electrons. The maximum absolute atomic E-state index is 13.8. The maximum Gasteiger partial charge on any atom is 0.238 e. The number of ether oxygens (including phenoxy) is 1. The molecule has 1 aliphatic rings. The van der Waals surface area contributed by atoms with Gasteiger partial charge in [0.25, 0.3) is 0 Å². The van der Waals surface area contributed by atoms with Crippen molar-refractivity contribution in [2.45, 2.75) is 38.6 Å². The molecule has 0 bridgehead atoms. The van der Waals surface area contributed by atoms with Crippen LogP contribution >= 0.6 is 11.6 Å². The van der Waals surface area contributed by atoms with Gasteiger partial charge in [-0.1, -0.05) is 0 Å². The molecule has 0 aromatic carbocycles. The molecule has 5 nitrogen and oxygen atoms in total. The quantitative estimate of drug-likeness (QED) is 0.779. The molecule has 1 aromatic rings. The van der Waals surface area contributed by atoms with E-state index in [4.69, 9.17) is 16.3 Å². The largest absolute Gasteiger partial charge is 0.376 e. The van der Waals surface area contributed by atoms with Crippen molar-refractivity contribution in [1.82, 2.24) is 14.7 Å². The zero-order chi connectivity index (χ0) is 14.7. The number of carbonyl (C=O) groups is 1. The second-order valence-corrected chi connectivity index (χ2v) is 5.40. The predicted molar refractivity (Wildman–Crippen MR) is 73.4 cm³/mol. The second kappa shape index (κ2) is 6.54. The van der Waals surface area contributed by atoms with Crippen molar-refractivity contribution >= 4 is 17.5 Å². The molecule has 1 amide bonds. The first kappa shape index (κ1) is 15.3. The number of alkyl halides is 2. The SMILES string of the molecule is CC(C)n1nccc1CN(C(=O)CCl)[C@@H]1COC[C@H]1F. The monoisotopic (exact) mass is 303 g/mol. The lowest BCUT2D eigenvalue weighted by atomic mass is 10.2. The number of rotatable bonds is 5. The van der Waals surface area contributed by atoms with Gasteiger partial charge in [0.1, 0.15) is 12.1 Å². The third-order valence-corrected chi connectivity index (χ3v) is 3.62. The number of halogens is 2. The third kappa shape index (κ3) is 3.12. The van der Waals surface area contributed by atoms with Crippen molar-refractivity contribution in [3.8, 4) is 0 Å². The Kier molecular flexibility index (Phi) is 4.99. The Balaban J connectivity index is 2.19. The summed E-state index contributed by atoms with van der Waals surface area (Å²) in [6.07, 6.45) is 0.508. The minimum atomic E-state index is -1.17. The first-order chi connectivity index (χ1) is 9.54. The van der Waals surface area contributed by atoms with Crippen LogP contribution in [0, 0.1) is 0 Å². The molecule has 1 fully saturated rings. The highest BCUT2D eigenvalue weighted by molar-refractivity contribution is 6.27. The first-order valence-corrected chi connectivity index (χ1v) is 7.17. The molecule has 20 heavy (non-hydrogen) atoms. The minimum Gasteiger partial charge on any atom is -0.376 e. The summed E-state index contributed by atoms with van der Waals surface area (Å²) in [5.74, 6) is -0.458. The lowest BCUT2D eigenvalue weighted by Crippen LogP contribution is -2.45. The van der Waals surface area contributed by atoms with E-state index in [0.29, 0.717) is 0 Å². The fourth-order valence-corrected chi connectivity index (χ4v) is 2.53. The van der Waals surface area contributed by atoms with E-state index in [-0.39, 0.29) is 37.6 Å². The summed E-state index contributed by atoms with van der Waals surface area (Å²) >= 11 is 5.64. The van der Waals surface area contributed by atoms with E-state index in [2.05, 4.69) is 5.10 Å². The van der Waals surface area contributed by atoms with Gasteiger partial charge in [-0.05, 0) is 19.9 Å². The molecule has 0 aliphatic carbocycles. The Labute approximate surface area is 122 Å². The maximum atomic E-state index is 13.8. The van der Waals surface area contributed by atoms with Crippen LogP contribution in [0.2, 0.25) is 0 Å². The van der Waals surface area contributed by atoms with Crippen LogP contribution in [0.15, 0.2) is 12.3 Å². The lowest BCUT2D eigenvalue weighted by molar-refractivity contribution is -0.132. The predicted octanol–water partition coefficient (Wildman–Crippen LogP) is 1.77. The first-order valence-electron chi connectivity index (χ1n) is 6.64. The minimum absolute atomic E-state index is 0.0280. The average Bonchev–Trinajstić information content (AvgIpc) is 3.03. The Hall–Kier alpha value is -1.14. The molecular weight excluding hydrogens is 285 g/mol. The van der Waals surface area contributed by atoms with Gasteiger partial charge < -0.3 is 9.64 Å². The van der Waals surface area contributed by atoms with Crippen LogP contribution in [0.3, 0.4) is 0 Å². The van der Waals surface area contributed by atoms with Gasteiger partial charge in [-0.25, -0.2) is 4.39 Å². The number of aromatic nitrogens is 2. The average molecular weight is 304 g/mol. The van der Waals surface area contributed by atoms with Gasteiger partial charge in [0.05, 0.1) is 31.5 Å². The van der Waals surface area contributed by atoms with Gasteiger partial charge in [-0.3, -0.25) is 9.48 Å². The summed E-state index contributed by atoms with van der Waals surface area (Å²) in [5, 5.41) is 4.22. The molecule has 7 heteroatoms. The molecule has 2 atom stereocenters. The summed E-state index contributed by atoms with van der Waals surface area (Å²) in [7, 11) is 0. The number of carbonyl (C=O) groups excluding carboxylic acids is 1. The topological polar surface area (TPSA) is 47.4 Å². The molecule has 2 heterocycles. The van der Waals surface area contributed by atoms with Gasteiger partial charge in [-0.15, -0.1) is 11.6 Å². The van der Waals surface area contributed by atoms with E-state index in [9.17, 15) is 9.18 Å². The van der Waals surface area contributed by atoms with Crippen molar-refractivity contribution < 1.29 is 13.9 Å². The van der Waals surface area contributed by atoms with Crippen LogP contribution in [0.5, 0.6) is 0 Å². The van der Waals surface area contributed by atoms with E-state index in [1.807, 2.05) is 24.6 Å². The Morgan fingerprint density at radius 1 is 1.65 bits per heavy atom. The molecule has 1 aliphatic heterocycles. The summed E-state index contributed by atoms with van der Waals surface area (Å²) in [6, 6.07) is 1.43. The molecule has 1 saturated heterocycles. The van der Waals surface area contributed by atoms with Gasteiger partial charge in [0, 0.05) is 12.2 Å². The number of amides is 1. The fraction of sp³-hybridized carbons (Fsp3) is 0.692. The summed E-state index contributed by atoms with van der Waals surface area (Å²) in [5.41, 5.74) is 0.859. The van der Waals surface area contributed by atoms with Crippen LogP contribution < -0.4 is 0 Å². The van der Waals surface area contributed by atoms with Crippen molar-refractivity contribution in [2.24, 2.45) is 0 Å². The highest BCUT2D eigenvalue weighted by atomic mass is 35.5. The summed E-state index contributed by atoms with van der Waals surface area (Å²) in [6.45, 7) is 4.53. The Bertz CT molecular complexity index is 466. The van der Waals surface area contributed by atoms with Crippen LogP contribution in [-0.2, 0) is 16.1 Å². The molecule has 0 unspecified atom stereocenters. The summed E-state index contributed by atoms with van der Waals surface area (Å²) in [4.78, 5) is 13.5. The van der Waals surface area contributed by atoms with Crippen molar-refractivity contribution in [3.05, 3.63) is 18.0 Å². The van der Waals surface area contributed by atoms with Gasteiger partial charge >= 0.3 is 0 Å². The van der Waals surface area contributed by atoms with Gasteiger partial charge in [-0.2, -0.15) is 5.10 Å². The van der Waals surface area contributed by atoms with E-state index in [1.54, 1.807) is 6.20 Å². The third-order valence-electron chi connectivity index (χ3n) is 3.39. The van der Waals surface area contributed by atoms with E-state index in [0.717, 1.165) is 5.69 Å². The normalized spacial score (nSPS) is 22.4. The molecule has 0 radical (unpaired) electrons. The highest BCUT2D eigenvalue weighted by Crippen LogP contribution is 2.20. The molecule has 0 saturated carbocycles. The number of nitrogens with zero attached hydrogens (tertiary/aromatic N) is 3. The highest BCUT2D eigenvalue weighted by Gasteiger charge is 2.36. The number of hydrogen-bond acceptors (Lipinski definition) is 3. The smallest absolute Gasteiger partial charge is 0.238 e. The molecule has 2 rings (SSSR count). The molecular formula is C13H19ClFN3O2. The van der Waals surface area contributed by atoms with E-state index >= 15 is 0 Å². The zero-order valence-electron chi connectivity index (χ0n) is 11.6. The van der Waals surface area contributed by atoms with E-state index < -0.39 is 12.2 Å². The van der Waals surface area contributed by atoms with E-state index in [1.165, 1.54) is 4.90 Å². The van der Waals surface area contributed by atoms with Gasteiger partial charge in [0.15, 0.2) is 0 Å². The molecule has 1 aromatic heterocycles. The van der Waals surface area contributed by atoms with Crippen molar-refractivity contribution in [3.63, 3.8) is 0 Å². The number of hydrogen-bond donors (Lipinski definition) is 0.